The highest BCUT2D eigenvalue weighted by molar-refractivity contribution is 9.10. The van der Waals surface area contributed by atoms with Gasteiger partial charge in [-0.1, -0.05) is 60.7 Å². The predicted molar refractivity (Wildman–Crippen MR) is 203 cm³/mol. The van der Waals surface area contributed by atoms with Crippen LogP contribution >= 0.6 is 48.8 Å². The van der Waals surface area contributed by atoms with Crippen molar-refractivity contribution in [3.05, 3.63) is 124 Å². The van der Waals surface area contributed by atoms with Gasteiger partial charge in [0, 0.05) is 68.7 Å². The lowest BCUT2D eigenvalue weighted by atomic mass is 10.2. The van der Waals surface area contributed by atoms with Gasteiger partial charge < -0.3 is 4.74 Å². The molecule has 0 saturated heterocycles. The highest BCUT2D eigenvalue weighted by atomic mass is 79.9. The van der Waals surface area contributed by atoms with Gasteiger partial charge in [0.2, 0.25) is 0 Å². The molecule has 0 aromatic carbocycles. The minimum absolute atomic E-state index is 0. The summed E-state index contributed by atoms with van der Waals surface area (Å²) in [6.45, 7) is 15.6. The van der Waals surface area contributed by atoms with Crippen LogP contribution < -0.4 is 0 Å². The van der Waals surface area contributed by atoms with Crippen molar-refractivity contribution in [2.24, 2.45) is 0 Å². The lowest BCUT2D eigenvalue weighted by Crippen LogP contribution is -2.00. The third kappa shape index (κ3) is 21.3. The Labute approximate surface area is 298 Å². The summed E-state index contributed by atoms with van der Waals surface area (Å²) in [6.07, 6.45) is 6.82. The van der Waals surface area contributed by atoms with Gasteiger partial charge >= 0.3 is 0 Å². The van der Waals surface area contributed by atoms with Crippen LogP contribution in [0.2, 0.25) is 0 Å². The summed E-state index contributed by atoms with van der Waals surface area (Å²) in [4.78, 5) is 37.9. The van der Waals surface area contributed by atoms with E-state index < -0.39 is 0 Å². The molecule has 0 atom stereocenters. The molecule has 4 aromatic heterocycles. The van der Waals surface area contributed by atoms with Crippen molar-refractivity contribution in [3.63, 3.8) is 0 Å². The normalized spacial score (nSPS) is 8.62. The molecule has 10 heteroatoms. The van der Waals surface area contributed by atoms with Crippen LogP contribution in [-0.2, 0) is 4.74 Å². The number of ketones is 2. The van der Waals surface area contributed by atoms with Crippen LogP contribution in [-0.4, -0.2) is 43.4 Å². The number of alkyl halides is 1. The van der Waals surface area contributed by atoms with E-state index in [0.717, 1.165) is 43.9 Å². The lowest BCUT2D eigenvalue weighted by molar-refractivity contribution is 0.101. The molecular formula is C35H49Br3N4O3. The minimum atomic E-state index is 0. The molecule has 0 radical (unpaired) electrons. The van der Waals surface area contributed by atoms with Crippen molar-refractivity contribution in [2.45, 2.75) is 63.8 Å². The topological polar surface area (TPSA) is 94.9 Å². The average Bonchev–Trinajstić information content (AvgIpc) is 2.94. The molecule has 45 heavy (non-hydrogen) atoms. The second kappa shape index (κ2) is 27.2. The molecule has 0 saturated carbocycles. The van der Waals surface area contributed by atoms with E-state index in [0.29, 0.717) is 17.7 Å². The molecule has 0 spiro atoms. The summed E-state index contributed by atoms with van der Waals surface area (Å²) in [5, 5.41) is 0.371. The quantitative estimate of drug-likeness (QED) is 0.109. The van der Waals surface area contributed by atoms with Crippen LogP contribution in [0.3, 0.4) is 0 Å². The molecule has 0 amide bonds. The first kappa shape index (κ1) is 48.8. The summed E-state index contributed by atoms with van der Waals surface area (Å²) in [6, 6.07) is 14.7. The number of nitrogens with zero attached hydrogens (tertiary/aromatic N) is 4. The van der Waals surface area contributed by atoms with Crippen LogP contribution in [0.1, 0.15) is 85.2 Å². The molecule has 7 nitrogen and oxygen atoms in total. The molecule has 0 bridgehead atoms. The van der Waals surface area contributed by atoms with E-state index in [4.69, 9.17) is 4.74 Å². The molecule has 0 aliphatic heterocycles. The average molecular weight is 814 g/mol. The molecule has 4 aromatic rings. The van der Waals surface area contributed by atoms with Crippen molar-refractivity contribution in [3.8, 4) is 0 Å². The molecule has 0 aliphatic carbocycles. The third-order valence-corrected chi connectivity index (χ3v) is 6.04. The molecule has 0 aliphatic rings. The monoisotopic (exact) mass is 810 g/mol. The number of Topliss-reactive ketones (excluding diaryl/α,β-unsaturated/α-hetero) is 2. The number of pyridine rings is 4. The van der Waals surface area contributed by atoms with Gasteiger partial charge in [-0.2, -0.15) is 0 Å². The standard InChI is InChI=1S/C10H13NO.C8H8BrNO.C8H9NO.C6H6BrN.3CH4.BrH/c1-4-12-9(3)10-5-6-11-8(2)7-10;1-6-4-7(2-3-10-6)8(11)5-9;1-6-5-8(7(2)10)3-4-9-6;1-5-4-6(7)2-3-8-5;;;;/h5-7H,3-4H2,1-2H3;2-4H,5H2,1H3;3-5H,1-2H3;2-4H,1H3;3*1H4;1H. The number of ether oxygens (including phenoxy) is 1. The summed E-state index contributed by atoms with van der Waals surface area (Å²) in [5.41, 5.74) is 6.23. The van der Waals surface area contributed by atoms with E-state index in [1.54, 1.807) is 56.0 Å². The summed E-state index contributed by atoms with van der Waals surface area (Å²) >= 11 is 6.43. The Morgan fingerprint density at radius 3 is 1.42 bits per heavy atom. The van der Waals surface area contributed by atoms with Gasteiger partial charge in [-0.25, -0.2) is 0 Å². The third-order valence-electron chi connectivity index (χ3n) is 5.04. The second-order valence-electron chi connectivity index (χ2n) is 8.64. The fourth-order valence-corrected chi connectivity index (χ4v) is 3.82. The van der Waals surface area contributed by atoms with Gasteiger partial charge in [-0.15, -0.1) is 17.0 Å². The van der Waals surface area contributed by atoms with Crippen LogP contribution in [0.15, 0.2) is 84.4 Å². The van der Waals surface area contributed by atoms with Crippen LogP contribution in [0.25, 0.3) is 5.76 Å². The Kier molecular flexibility index (Phi) is 29.6. The van der Waals surface area contributed by atoms with Crippen LogP contribution in [0.4, 0.5) is 0 Å². The highest BCUT2D eigenvalue weighted by Gasteiger charge is 2.02. The van der Waals surface area contributed by atoms with E-state index >= 15 is 0 Å². The minimum Gasteiger partial charge on any atom is -0.494 e. The van der Waals surface area contributed by atoms with Gasteiger partial charge in [0.1, 0.15) is 5.76 Å². The Morgan fingerprint density at radius 2 is 1.09 bits per heavy atom. The summed E-state index contributed by atoms with van der Waals surface area (Å²) in [7, 11) is 0. The van der Waals surface area contributed by atoms with Crippen molar-refractivity contribution in [2.75, 3.05) is 11.9 Å². The maximum atomic E-state index is 11.1. The number of hydrogen-bond acceptors (Lipinski definition) is 7. The zero-order chi connectivity index (χ0) is 30.8. The Balaban J connectivity index is -0.000000244. The van der Waals surface area contributed by atoms with Crippen molar-refractivity contribution >= 4 is 66.2 Å². The molecule has 0 fully saturated rings. The molecule has 0 unspecified atom stereocenters. The van der Waals surface area contributed by atoms with E-state index in [1.807, 2.05) is 58.9 Å². The molecule has 4 heterocycles. The Bertz CT molecular complexity index is 1420. The van der Waals surface area contributed by atoms with Crippen molar-refractivity contribution in [1.29, 1.82) is 0 Å². The maximum Gasteiger partial charge on any atom is 0.173 e. The molecule has 4 rings (SSSR count). The summed E-state index contributed by atoms with van der Waals surface area (Å²) < 4.78 is 6.35. The van der Waals surface area contributed by atoms with Crippen LogP contribution in [0, 0.1) is 27.7 Å². The molecule has 0 N–H and O–H groups in total. The number of rotatable bonds is 6. The second-order valence-corrected chi connectivity index (χ2v) is 10.1. The van der Waals surface area contributed by atoms with Gasteiger partial charge in [0.25, 0.3) is 0 Å². The first-order valence-corrected chi connectivity index (χ1v) is 14.7. The van der Waals surface area contributed by atoms with E-state index in [9.17, 15) is 9.59 Å². The van der Waals surface area contributed by atoms with Gasteiger partial charge in [-0.05, 0) is 90.1 Å². The number of carbonyl (C=O) groups is 2. The van der Waals surface area contributed by atoms with Gasteiger partial charge in [0.15, 0.2) is 11.6 Å². The molecule has 248 valence electrons. The van der Waals surface area contributed by atoms with Gasteiger partial charge in [0.05, 0.1) is 11.9 Å². The van der Waals surface area contributed by atoms with Crippen LogP contribution in [0.5, 0.6) is 0 Å². The molecular weight excluding hydrogens is 764 g/mol. The van der Waals surface area contributed by atoms with Crippen molar-refractivity contribution < 1.29 is 14.3 Å². The lowest BCUT2D eigenvalue weighted by Gasteiger charge is -2.06. The maximum absolute atomic E-state index is 11.1. The SMILES string of the molecule is Br.C.C.C.C=C(OCC)c1ccnc(C)c1.CC(=O)c1ccnc(C)c1.Cc1cc(Br)ccn1.Cc1cc(C(=O)CBr)ccn1. The first-order valence-electron chi connectivity index (χ1n) is 12.7. The largest absolute Gasteiger partial charge is 0.494 e. The Morgan fingerprint density at radius 1 is 0.711 bits per heavy atom. The fraction of sp³-hybridized carbons (Fsp3) is 0.314. The highest BCUT2D eigenvalue weighted by Crippen LogP contribution is 2.13. The smallest absolute Gasteiger partial charge is 0.173 e. The zero-order valence-electron chi connectivity index (χ0n) is 24.7. The summed E-state index contributed by atoms with van der Waals surface area (Å²) in [5.74, 6) is 0.893. The number of aromatic nitrogens is 4. The number of aryl methyl sites for hydroxylation is 4. The van der Waals surface area contributed by atoms with E-state index in [2.05, 4.69) is 58.4 Å². The number of carbonyl (C=O) groups excluding carboxylic acids is 2. The van der Waals surface area contributed by atoms with E-state index in [1.165, 1.54) is 0 Å². The van der Waals surface area contributed by atoms with Gasteiger partial charge in [-0.3, -0.25) is 29.5 Å². The number of halogens is 3. The van der Waals surface area contributed by atoms with E-state index in [-0.39, 0.29) is 50.8 Å². The number of hydrogen-bond donors (Lipinski definition) is 0. The fourth-order valence-electron chi connectivity index (χ4n) is 3.05. The zero-order valence-corrected chi connectivity index (χ0v) is 29.6. The van der Waals surface area contributed by atoms with Crippen molar-refractivity contribution in [1.82, 2.24) is 19.9 Å². The predicted octanol–water partition coefficient (Wildman–Crippen LogP) is 10.6. The Hall–Kier alpha value is -3.08. The first-order chi connectivity index (χ1) is 19.5.